The lowest BCUT2D eigenvalue weighted by atomic mass is 10.1. The van der Waals surface area contributed by atoms with Crippen LogP contribution in [0.4, 0.5) is 0 Å². The quantitative estimate of drug-likeness (QED) is 0.792. The normalized spacial score (nSPS) is 14.3. The molecule has 2 nitrogen and oxygen atoms in total. The van der Waals surface area contributed by atoms with Gasteiger partial charge in [0.25, 0.3) is 0 Å². The molecule has 2 unspecified atom stereocenters. The highest BCUT2D eigenvalue weighted by atomic mass is 32.2. The maximum Gasteiger partial charge on any atom is 0.0486 e. The summed E-state index contributed by atoms with van der Waals surface area (Å²) in [6.45, 7) is 9.51. The molecule has 0 spiro atoms. The SMILES string of the molecule is CCCNC(CC)CS(=O)Cc1cc(C)cc(C)c1. The van der Waals surface area contributed by atoms with E-state index in [9.17, 15) is 4.21 Å². The van der Waals surface area contributed by atoms with E-state index in [2.05, 4.69) is 51.2 Å². The minimum atomic E-state index is -0.783. The maximum absolute atomic E-state index is 12.2. The van der Waals surface area contributed by atoms with E-state index in [-0.39, 0.29) is 0 Å². The number of aryl methyl sites for hydroxylation is 2. The molecule has 0 aromatic heterocycles. The Bertz CT molecular complexity index is 397. The van der Waals surface area contributed by atoms with Gasteiger partial charge in [0.15, 0.2) is 0 Å². The Hall–Kier alpha value is -0.670. The van der Waals surface area contributed by atoms with Crippen LogP contribution in [0.1, 0.15) is 43.4 Å². The van der Waals surface area contributed by atoms with Gasteiger partial charge >= 0.3 is 0 Å². The molecule has 19 heavy (non-hydrogen) atoms. The molecule has 0 saturated heterocycles. The molecule has 0 aliphatic heterocycles. The molecule has 0 fully saturated rings. The van der Waals surface area contributed by atoms with Crippen molar-refractivity contribution in [3.63, 3.8) is 0 Å². The fraction of sp³-hybridized carbons (Fsp3) is 0.625. The molecule has 1 N–H and O–H groups in total. The van der Waals surface area contributed by atoms with Crippen molar-refractivity contribution in [1.82, 2.24) is 5.32 Å². The van der Waals surface area contributed by atoms with Gasteiger partial charge < -0.3 is 5.32 Å². The molecule has 108 valence electrons. The summed E-state index contributed by atoms with van der Waals surface area (Å²) in [4.78, 5) is 0. The second kappa shape index (κ2) is 8.49. The molecule has 0 bridgehead atoms. The van der Waals surface area contributed by atoms with Gasteiger partial charge in [-0.25, -0.2) is 0 Å². The van der Waals surface area contributed by atoms with Crippen LogP contribution in [-0.2, 0) is 16.6 Å². The number of nitrogens with one attached hydrogen (secondary N) is 1. The Labute approximate surface area is 120 Å². The molecule has 2 atom stereocenters. The van der Waals surface area contributed by atoms with E-state index < -0.39 is 10.8 Å². The first-order valence-corrected chi connectivity index (χ1v) is 8.69. The third-order valence-electron chi connectivity index (χ3n) is 3.17. The van der Waals surface area contributed by atoms with E-state index in [1.165, 1.54) is 16.7 Å². The highest BCUT2D eigenvalue weighted by molar-refractivity contribution is 7.84. The minimum absolute atomic E-state index is 0.381. The van der Waals surface area contributed by atoms with Crippen molar-refractivity contribution in [1.29, 1.82) is 0 Å². The number of benzene rings is 1. The lowest BCUT2D eigenvalue weighted by molar-refractivity contribution is 0.533. The molecule has 1 aromatic carbocycles. The highest BCUT2D eigenvalue weighted by Crippen LogP contribution is 2.11. The largest absolute Gasteiger partial charge is 0.313 e. The van der Waals surface area contributed by atoms with E-state index in [1.54, 1.807) is 0 Å². The molecule has 0 aliphatic rings. The molecule has 0 amide bonds. The summed E-state index contributed by atoms with van der Waals surface area (Å²) in [5.74, 6) is 1.43. The fourth-order valence-corrected chi connectivity index (χ4v) is 3.75. The zero-order valence-corrected chi connectivity index (χ0v) is 13.5. The third kappa shape index (κ3) is 6.35. The summed E-state index contributed by atoms with van der Waals surface area (Å²) >= 11 is 0. The number of hydrogen-bond donors (Lipinski definition) is 1. The molecule has 0 heterocycles. The molecule has 0 aliphatic carbocycles. The molecular formula is C16H27NOS. The average Bonchev–Trinajstić information content (AvgIpc) is 2.33. The van der Waals surface area contributed by atoms with Crippen molar-refractivity contribution >= 4 is 10.8 Å². The van der Waals surface area contributed by atoms with Crippen LogP contribution < -0.4 is 5.32 Å². The second-order valence-electron chi connectivity index (χ2n) is 5.31. The lowest BCUT2D eigenvalue weighted by Gasteiger charge is -2.16. The smallest absolute Gasteiger partial charge is 0.0486 e. The third-order valence-corrected chi connectivity index (χ3v) is 4.60. The van der Waals surface area contributed by atoms with Crippen LogP contribution in [0.15, 0.2) is 18.2 Å². The molecule has 3 heteroatoms. The lowest BCUT2D eigenvalue weighted by Crippen LogP contribution is -2.34. The van der Waals surface area contributed by atoms with Gasteiger partial charge in [0, 0.05) is 28.3 Å². The zero-order valence-electron chi connectivity index (χ0n) is 12.7. The molecule has 1 aromatic rings. The van der Waals surface area contributed by atoms with Gasteiger partial charge in [-0.2, -0.15) is 0 Å². The van der Waals surface area contributed by atoms with Crippen LogP contribution in [-0.4, -0.2) is 22.5 Å². The summed E-state index contributed by atoms with van der Waals surface area (Å²) in [5, 5.41) is 3.47. The van der Waals surface area contributed by atoms with E-state index in [4.69, 9.17) is 0 Å². The average molecular weight is 281 g/mol. The van der Waals surface area contributed by atoms with Crippen molar-refractivity contribution in [3.8, 4) is 0 Å². The van der Waals surface area contributed by atoms with Gasteiger partial charge in [-0.1, -0.05) is 43.2 Å². The van der Waals surface area contributed by atoms with Crippen LogP contribution in [0.5, 0.6) is 0 Å². The predicted molar refractivity (Wildman–Crippen MR) is 85.0 cm³/mol. The van der Waals surface area contributed by atoms with Crippen LogP contribution in [0.2, 0.25) is 0 Å². The summed E-state index contributed by atoms with van der Waals surface area (Å²) in [6.07, 6.45) is 2.17. The van der Waals surface area contributed by atoms with Gasteiger partial charge in [-0.05, 0) is 38.8 Å². The Balaban J connectivity index is 2.53. The molecule has 1 rings (SSSR count). The standard InChI is InChI=1S/C16H27NOS/c1-5-7-17-16(6-2)12-19(18)11-15-9-13(3)8-14(4)10-15/h8-10,16-17H,5-7,11-12H2,1-4H3. The minimum Gasteiger partial charge on any atom is -0.313 e. The van der Waals surface area contributed by atoms with E-state index in [0.717, 1.165) is 25.1 Å². The van der Waals surface area contributed by atoms with E-state index in [0.29, 0.717) is 11.8 Å². The first-order chi connectivity index (χ1) is 9.05. The van der Waals surface area contributed by atoms with E-state index in [1.807, 2.05) is 0 Å². The van der Waals surface area contributed by atoms with Crippen molar-refractivity contribution in [2.24, 2.45) is 0 Å². The summed E-state index contributed by atoms with van der Waals surface area (Å²) in [5.41, 5.74) is 3.70. The zero-order chi connectivity index (χ0) is 14.3. The Morgan fingerprint density at radius 1 is 1.16 bits per heavy atom. The van der Waals surface area contributed by atoms with Gasteiger partial charge in [0.1, 0.15) is 0 Å². The highest BCUT2D eigenvalue weighted by Gasteiger charge is 2.10. The molecular weight excluding hydrogens is 254 g/mol. The summed E-state index contributed by atoms with van der Waals surface area (Å²) in [6, 6.07) is 6.83. The molecule has 0 radical (unpaired) electrons. The predicted octanol–water partition coefficient (Wildman–Crippen LogP) is 3.33. The van der Waals surface area contributed by atoms with Crippen LogP contribution in [0, 0.1) is 13.8 Å². The first-order valence-electron chi connectivity index (χ1n) is 7.20. The Morgan fingerprint density at radius 3 is 2.32 bits per heavy atom. The van der Waals surface area contributed by atoms with Crippen molar-refractivity contribution in [2.75, 3.05) is 12.3 Å². The maximum atomic E-state index is 12.2. The first kappa shape index (κ1) is 16.4. The monoisotopic (exact) mass is 281 g/mol. The molecule has 0 saturated carbocycles. The summed E-state index contributed by atoms with van der Waals surface area (Å²) < 4.78 is 12.2. The Kier molecular flexibility index (Phi) is 7.32. The topological polar surface area (TPSA) is 29.1 Å². The van der Waals surface area contributed by atoms with Crippen LogP contribution in [0.3, 0.4) is 0 Å². The van der Waals surface area contributed by atoms with Crippen LogP contribution >= 0.6 is 0 Å². The van der Waals surface area contributed by atoms with Gasteiger partial charge in [-0.15, -0.1) is 0 Å². The van der Waals surface area contributed by atoms with E-state index >= 15 is 0 Å². The fourth-order valence-electron chi connectivity index (χ4n) is 2.29. The number of hydrogen-bond acceptors (Lipinski definition) is 2. The second-order valence-corrected chi connectivity index (χ2v) is 6.81. The number of rotatable bonds is 8. The van der Waals surface area contributed by atoms with Crippen LogP contribution in [0.25, 0.3) is 0 Å². The van der Waals surface area contributed by atoms with Gasteiger partial charge in [-0.3, -0.25) is 4.21 Å². The Morgan fingerprint density at radius 2 is 1.79 bits per heavy atom. The summed E-state index contributed by atoms with van der Waals surface area (Å²) in [7, 11) is -0.783. The van der Waals surface area contributed by atoms with Crippen molar-refractivity contribution < 1.29 is 4.21 Å². The van der Waals surface area contributed by atoms with Gasteiger partial charge in [0.2, 0.25) is 0 Å². The van der Waals surface area contributed by atoms with Gasteiger partial charge in [0.05, 0.1) is 0 Å². The van der Waals surface area contributed by atoms with Crippen molar-refractivity contribution in [2.45, 2.75) is 52.3 Å². The van der Waals surface area contributed by atoms with Crippen molar-refractivity contribution in [3.05, 3.63) is 34.9 Å².